The zero-order valence-electron chi connectivity index (χ0n) is 12.0. The lowest BCUT2D eigenvalue weighted by Crippen LogP contribution is -2.13. The van der Waals surface area contributed by atoms with E-state index in [4.69, 9.17) is 5.73 Å². The number of amides is 1. The van der Waals surface area contributed by atoms with Crippen LogP contribution in [-0.2, 0) is 4.79 Å². The van der Waals surface area contributed by atoms with Gasteiger partial charge in [0.05, 0.1) is 5.75 Å². The van der Waals surface area contributed by atoms with Gasteiger partial charge in [0.1, 0.15) is 0 Å². The number of nitrogens with one attached hydrogen (secondary N) is 1. The molecule has 1 aromatic heterocycles. The summed E-state index contributed by atoms with van der Waals surface area (Å²) in [7, 11) is 0. The molecule has 0 aliphatic heterocycles. The Bertz CT molecular complexity index is 597. The van der Waals surface area contributed by atoms with E-state index in [0.29, 0.717) is 21.1 Å². The molecule has 7 heteroatoms. The second-order valence-electron chi connectivity index (χ2n) is 4.67. The summed E-state index contributed by atoms with van der Waals surface area (Å²) in [6, 6.07) is 7.99. The number of carbonyl (C=O) groups excluding carboxylic acids is 1. The third-order valence-electron chi connectivity index (χ3n) is 3.12. The van der Waals surface area contributed by atoms with Crippen LogP contribution in [0.15, 0.2) is 28.6 Å². The minimum Gasteiger partial charge on any atom is -0.374 e. The Morgan fingerprint density at radius 2 is 2.10 bits per heavy atom. The lowest BCUT2D eigenvalue weighted by Gasteiger charge is -2.10. The number of thioether (sulfide) groups is 1. The number of nitrogens with two attached hydrogens (primary N) is 1. The highest BCUT2D eigenvalue weighted by molar-refractivity contribution is 8.01. The molecule has 0 aliphatic rings. The molecule has 0 bridgehead atoms. The number of hydrogen-bond acceptors (Lipinski definition) is 6. The van der Waals surface area contributed by atoms with Crippen LogP contribution >= 0.6 is 23.1 Å². The Hall–Kier alpha value is -1.60. The van der Waals surface area contributed by atoms with Crippen molar-refractivity contribution in [1.82, 2.24) is 10.2 Å². The predicted molar refractivity (Wildman–Crippen MR) is 88.8 cm³/mol. The molecule has 1 aromatic carbocycles. The molecular weight excluding hydrogens is 304 g/mol. The first-order valence-corrected chi connectivity index (χ1v) is 8.50. The number of aromatic nitrogens is 2. The summed E-state index contributed by atoms with van der Waals surface area (Å²) in [5.41, 5.74) is 7.59. The van der Waals surface area contributed by atoms with Gasteiger partial charge in [0.2, 0.25) is 11.0 Å². The van der Waals surface area contributed by atoms with Gasteiger partial charge in [-0.25, -0.2) is 0 Å². The second-order valence-corrected chi connectivity index (χ2v) is 6.91. The van der Waals surface area contributed by atoms with Gasteiger partial charge in [-0.2, -0.15) is 0 Å². The zero-order valence-corrected chi connectivity index (χ0v) is 13.6. The number of rotatable bonds is 6. The molecule has 0 aliphatic carbocycles. The van der Waals surface area contributed by atoms with E-state index in [9.17, 15) is 4.79 Å². The molecule has 0 unspecified atom stereocenters. The molecule has 5 nitrogen and oxygen atoms in total. The smallest absolute Gasteiger partial charge is 0.234 e. The average Bonchev–Trinajstić information content (AvgIpc) is 2.91. The van der Waals surface area contributed by atoms with E-state index >= 15 is 0 Å². The summed E-state index contributed by atoms with van der Waals surface area (Å²) in [5, 5.41) is 10.9. The summed E-state index contributed by atoms with van der Waals surface area (Å²) >= 11 is 2.62. The number of nitrogens with zero attached hydrogens (tertiary/aromatic N) is 2. The number of nitrogen functional groups attached to an aromatic ring is 1. The Morgan fingerprint density at radius 1 is 1.38 bits per heavy atom. The van der Waals surface area contributed by atoms with Gasteiger partial charge >= 0.3 is 0 Å². The molecule has 1 heterocycles. The van der Waals surface area contributed by atoms with Crippen LogP contribution in [0, 0.1) is 0 Å². The van der Waals surface area contributed by atoms with Crippen LogP contribution < -0.4 is 11.1 Å². The standard InChI is InChI=1S/C14H18N4OS2/c1-3-9(2)10-4-6-11(7-5-10)16-12(19)8-20-14-18-17-13(15)21-14/h4-7,9H,3,8H2,1-2H3,(H2,15,17)(H,16,19)/t9-/m0/s1. The zero-order chi connectivity index (χ0) is 15.2. The molecule has 112 valence electrons. The van der Waals surface area contributed by atoms with Gasteiger partial charge in [-0.05, 0) is 30.0 Å². The highest BCUT2D eigenvalue weighted by atomic mass is 32.2. The van der Waals surface area contributed by atoms with E-state index in [0.717, 1.165) is 12.1 Å². The summed E-state index contributed by atoms with van der Waals surface area (Å²) < 4.78 is 0.703. The Morgan fingerprint density at radius 3 is 2.67 bits per heavy atom. The Labute approximate surface area is 132 Å². The Balaban J connectivity index is 1.84. The number of hydrogen-bond donors (Lipinski definition) is 2. The van der Waals surface area contributed by atoms with Crippen molar-refractivity contribution >= 4 is 39.8 Å². The highest BCUT2D eigenvalue weighted by Crippen LogP contribution is 2.24. The van der Waals surface area contributed by atoms with Gasteiger partial charge in [-0.15, -0.1) is 10.2 Å². The Kier molecular flexibility index (Phi) is 5.58. The molecule has 0 saturated heterocycles. The molecule has 3 N–H and O–H groups in total. The second kappa shape index (κ2) is 7.42. The fourth-order valence-electron chi connectivity index (χ4n) is 1.73. The topological polar surface area (TPSA) is 80.9 Å². The summed E-state index contributed by atoms with van der Waals surface area (Å²) in [6.07, 6.45) is 1.10. The van der Waals surface area contributed by atoms with Gasteiger partial charge < -0.3 is 11.1 Å². The van der Waals surface area contributed by atoms with Gasteiger partial charge in [0.25, 0.3) is 0 Å². The first-order chi connectivity index (χ1) is 10.1. The SMILES string of the molecule is CC[C@H](C)c1ccc(NC(=O)CSc2nnc(N)s2)cc1. The van der Waals surface area contributed by atoms with Crippen LogP contribution in [0.5, 0.6) is 0 Å². The van der Waals surface area contributed by atoms with Crippen molar-refractivity contribution in [2.45, 2.75) is 30.5 Å². The van der Waals surface area contributed by atoms with Crippen molar-refractivity contribution in [3.63, 3.8) is 0 Å². The first-order valence-electron chi connectivity index (χ1n) is 6.70. The minimum atomic E-state index is -0.0648. The average molecular weight is 322 g/mol. The number of anilines is 2. The van der Waals surface area contributed by atoms with Gasteiger partial charge in [0, 0.05) is 5.69 Å². The van der Waals surface area contributed by atoms with Crippen LogP contribution in [0.3, 0.4) is 0 Å². The van der Waals surface area contributed by atoms with Crippen LogP contribution in [0.25, 0.3) is 0 Å². The third-order valence-corrected chi connectivity index (χ3v) is 5.01. The number of carbonyl (C=O) groups is 1. The molecular formula is C14H18N4OS2. The molecule has 1 amide bonds. The highest BCUT2D eigenvalue weighted by Gasteiger charge is 2.08. The first kappa shape index (κ1) is 15.8. The molecule has 0 fully saturated rings. The van der Waals surface area contributed by atoms with Crippen molar-refractivity contribution in [2.24, 2.45) is 0 Å². The lowest BCUT2D eigenvalue weighted by molar-refractivity contribution is -0.113. The minimum absolute atomic E-state index is 0.0648. The molecule has 1 atom stereocenters. The molecule has 2 rings (SSSR count). The third kappa shape index (κ3) is 4.71. The fraction of sp³-hybridized carbons (Fsp3) is 0.357. The van der Waals surface area contributed by atoms with Gasteiger partial charge in [0.15, 0.2) is 4.34 Å². The van der Waals surface area contributed by atoms with Gasteiger partial charge in [-0.3, -0.25) is 4.79 Å². The summed E-state index contributed by atoms with van der Waals surface area (Å²) in [6.45, 7) is 4.36. The van der Waals surface area contributed by atoms with Crippen LogP contribution in [-0.4, -0.2) is 21.9 Å². The van der Waals surface area contributed by atoms with Crippen molar-refractivity contribution in [2.75, 3.05) is 16.8 Å². The molecule has 0 spiro atoms. The van der Waals surface area contributed by atoms with Crippen molar-refractivity contribution in [1.29, 1.82) is 0 Å². The maximum atomic E-state index is 11.9. The van der Waals surface area contributed by atoms with E-state index in [2.05, 4.69) is 41.5 Å². The van der Waals surface area contributed by atoms with E-state index in [-0.39, 0.29) is 5.91 Å². The van der Waals surface area contributed by atoms with Crippen molar-refractivity contribution < 1.29 is 4.79 Å². The van der Waals surface area contributed by atoms with Crippen LogP contribution in [0.2, 0.25) is 0 Å². The van der Waals surface area contributed by atoms with E-state index in [1.165, 1.54) is 28.7 Å². The van der Waals surface area contributed by atoms with Crippen molar-refractivity contribution in [3.8, 4) is 0 Å². The van der Waals surface area contributed by atoms with E-state index < -0.39 is 0 Å². The fourth-order valence-corrected chi connectivity index (χ4v) is 3.17. The largest absolute Gasteiger partial charge is 0.374 e. The normalized spacial score (nSPS) is 12.1. The summed E-state index contributed by atoms with van der Waals surface area (Å²) in [5.74, 6) is 0.764. The predicted octanol–water partition coefficient (Wildman–Crippen LogP) is 3.36. The van der Waals surface area contributed by atoms with E-state index in [1.54, 1.807) is 0 Å². The maximum Gasteiger partial charge on any atom is 0.234 e. The molecule has 2 aromatic rings. The number of benzene rings is 1. The van der Waals surface area contributed by atoms with Crippen LogP contribution in [0.4, 0.5) is 10.8 Å². The lowest BCUT2D eigenvalue weighted by atomic mass is 9.99. The molecule has 0 saturated carbocycles. The van der Waals surface area contributed by atoms with Gasteiger partial charge in [-0.1, -0.05) is 49.1 Å². The molecule has 21 heavy (non-hydrogen) atoms. The summed E-state index contributed by atoms with van der Waals surface area (Å²) in [4.78, 5) is 11.9. The molecule has 0 radical (unpaired) electrons. The van der Waals surface area contributed by atoms with E-state index in [1.807, 2.05) is 12.1 Å². The maximum absolute atomic E-state index is 11.9. The van der Waals surface area contributed by atoms with Crippen molar-refractivity contribution in [3.05, 3.63) is 29.8 Å². The monoisotopic (exact) mass is 322 g/mol. The van der Waals surface area contributed by atoms with Crippen LogP contribution in [0.1, 0.15) is 31.7 Å². The quantitative estimate of drug-likeness (QED) is 0.797.